The molecule has 3 atom stereocenters. The van der Waals surface area contributed by atoms with Crippen molar-refractivity contribution in [1.82, 2.24) is 4.90 Å². The highest BCUT2D eigenvalue weighted by molar-refractivity contribution is 5.88. The van der Waals surface area contributed by atoms with E-state index in [-0.39, 0.29) is 18.5 Å². The van der Waals surface area contributed by atoms with E-state index in [0.29, 0.717) is 11.4 Å². The first-order chi connectivity index (χ1) is 13.4. The third kappa shape index (κ3) is 2.15. The molecule has 1 N–H and O–H groups in total. The second-order valence-corrected chi connectivity index (χ2v) is 6.73. The third-order valence-electron chi connectivity index (χ3n) is 5.28. The topological polar surface area (TPSA) is 48.3 Å². The monoisotopic (exact) mass is 397 g/mol. The maximum absolute atomic E-state index is 14.2. The minimum absolute atomic E-state index is 0.0713. The highest BCUT2D eigenvalue weighted by atomic mass is 19.2. The van der Waals surface area contributed by atoms with E-state index in [0.717, 1.165) is 11.1 Å². The van der Waals surface area contributed by atoms with E-state index in [9.17, 15) is 27.1 Å². The molecule has 10 heteroatoms. The van der Waals surface area contributed by atoms with Crippen molar-refractivity contribution in [2.75, 3.05) is 11.6 Å². The van der Waals surface area contributed by atoms with Gasteiger partial charge in [0.05, 0.1) is 12.1 Å². The summed E-state index contributed by atoms with van der Waals surface area (Å²) in [5.41, 5.74) is 0.521. The molecule has 2 aliphatic heterocycles. The van der Waals surface area contributed by atoms with E-state index in [1.165, 1.54) is 4.90 Å². The van der Waals surface area contributed by atoms with E-state index in [1.54, 1.807) is 6.07 Å². The van der Waals surface area contributed by atoms with Gasteiger partial charge in [0, 0.05) is 6.42 Å². The lowest BCUT2D eigenvalue weighted by atomic mass is 10.1. The molecule has 2 aromatic carbocycles. The molecular formula is C18H12F5N3O2. The summed E-state index contributed by atoms with van der Waals surface area (Å²) in [7, 11) is 0. The molecular weight excluding hydrogens is 385 g/mol. The van der Waals surface area contributed by atoms with Gasteiger partial charge in [-0.2, -0.15) is 5.10 Å². The van der Waals surface area contributed by atoms with Crippen molar-refractivity contribution in [3.63, 3.8) is 0 Å². The quantitative estimate of drug-likeness (QED) is 0.457. The Bertz CT molecular complexity index is 1000. The van der Waals surface area contributed by atoms with Gasteiger partial charge in [0.1, 0.15) is 12.3 Å². The van der Waals surface area contributed by atoms with Crippen molar-refractivity contribution in [2.45, 2.75) is 24.9 Å². The summed E-state index contributed by atoms with van der Waals surface area (Å²) in [5, 5.41) is 15.0. The number of ether oxygens (including phenoxy) is 1. The van der Waals surface area contributed by atoms with E-state index in [4.69, 9.17) is 4.74 Å². The van der Waals surface area contributed by atoms with Gasteiger partial charge in [-0.3, -0.25) is 0 Å². The minimum atomic E-state index is -2.27. The molecule has 0 spiro atoms. The highest BCUT2D eigenvalue weighted by Crippen LogP contribution is 2.44. The molecule has 1 fully saturated rings. The summed E-state index contributed by atoms with van der Waals surface area (Å²) in [4.78, 5) is 1.39. The number of amidine groups is 1. The Labute approximate surface area is 155 Å². The molecule has 146 valence electrons. The zero-order valence-electron chi connectivity index (χ0n) is 14.0. The van der Waals surface area contributed by atoms with Gasteiger partial charge in [-0.25, -0.2) is 27.0 Å². The number of rotatable bonds is 1. The van der Waals surface area contributed by atoms with Gasteiger partial charge in [0.2, 0.25) is 12.2 Å². The van der Waals surface area contributed by atoms with Crippen molar-refractivity contribution >= 4 is 11.5 Å². The molecule has 0 bridgehead atoms. The van der Waals surface area contributed by atoms with Crippen molar-refractivity contribution in [2.24, 2.45) is 5.10 Å². The fourth-order valence-corrected chi connectivity index (χ4v) is 4.04. The van der Waals surface area contributed by atoms with E-state index >= 15 is 0 Å². The Kier molecular flexibility index (Phi) is 3.65. The minimum Gasteiger partial charge on any atom is -0.367 e. The summed E-state index contributed by atoms with van der Waals surface area (Å²) < 4.78 is 74.8. The number of halogens is 5. The van der Waals surface area contributed by atoms with Crippen molar-refractivity contribution in [3.05, 3.63) is 64.5 Å². The summed E-state index contributed by atoms with van der Waals surface area (Å²) in [5.74, 6) is -10.5. The molecule has 1 aliphatic carbocycles. The van der Waals surface area contributed by atoms with Crippen molar-refractivity contribution in [3.8, 4) is 0 Å². The van der Waals surface area contributed by atoms with Crippen LogP contribution in [0.25, 0.3) is 0 Å². The van der Waals surface area contributed by atoms with Crippen LogP contribution in [0.1, 0.15) is 17.2 Å². The Morgan fingerprint density at radius 1 is 0.964 bits per heavy atom. The molecule has 0 saturated carbocycles. The molecule has 1 unspecified atom stereocenters. The fraction of sp³-hybridized carbons (Fsp3) is 0.278. The van der Waals surface area contributed by atoms with E-state index < -0.39 is 47.2 Å². The molecule has 2 aromatic rings. The average Bonchev–Trinajstić information content (AvgIpc) is 3.23. The number of aliphatic hydroxyl groups excluding tert-OH is 1. The van der Waals surface area contributed by atoms with Crippen LogP contribution in [0.4, 0.5) is 27.6 Å². The van der Waals surface area contributed by atoms with Crippen molar-refractivity contribution < 1.29 is 31.8 Å². The van der Waals surface area contributed by atoms with Crippen LogP contribution in [-0.2, 0) is 11.2 Å². The van der Waals surface area contributed by atoms with Crippen LogP contribution >= 0.6 is 0 Å². The van der Waals surface area contributed by atoms with E-state index in [2.05, 4.69) is 5.10 Å². The zero-order valence-corrected chi connectivity index (χ0v) is 14.0. The maximum Gasteiger partial charge on any atom is 0.229 e. The molecule has 5 nitrogen and oxygen atoms in total. The van der Waals surface area contributed by atoms with E-state index in [1.807, 2.05) is 18.2 Å². The summed E-state index contributed by atoms with van der Waals surface area (Å²) in [6, 6.07) is 6.90. The van der Waals surface area contributed by atoms with Gasteiger partial charge < -0.3 is 14.7 Å². The van der Waals surface area contributed by atoms with Crippen LogP contribution < -0.4 is 5.01 Å². The van der Waals surface area contributed by atoms with Gasteiger partial charge in [-0.05, 0) is 11.1 Å². The second-order valence-electron chi connectivity index (χ2n) is 6.73. The molecule has 3 aliphatic rings. The Morgan fingerprint density at radius 2 is 1.61 bits per heavy atom. The predicted octanol–water partition coefficient (Wildman–Crippen LogP) is 2.79. The highest BCUT2D eigenvalue weighted by Gasteiger charge is 2.50. The molecule has 5 rings (SSSR count). The SMILES string of the molecule is OC1N(c2c(F)c(F)c(F)c(F)c2F)N=C2CO[C@@H]3Cc4ccccc4[C@@H]3N21. The van der Waals surface area contributed by atoms with Gasteiger partial charge in [-0.15, -0.1) is 0 Å². The fourth-order valence-electron chi connectivity index (χ4n) is 4.04. The lowest BCUT2D eigenvalue weighted by molar-refractivity contribution is -0.0522. The first-order valence-electron chi connectivity index (χ1n) is 8.44. The maximum atomic E-state index is 14.2. The normalized spacial score (nSPS) is 25.5. The molecule has 0 amide bonds. The Balaban J connectivity index is 1.60. The van der Waals surface area contributed by atoms with Gasteiger partial charge >= 0.3 is 0 Å². The number of hydrogen-bond acceptors (Lipinski definition) is 5. The number of hydrogen-bond donors (Lipinski definition) is 1. The Hall–Kier alpha value is -2.72. The number of anilines is 1. The number of nitrogens with zero attached hydrogens (tertiary/aromatic N) is 3. The standard InChI is InChI=1S/C18H12F5N3O2/c19-11-12(20)14(22)17(15(23)13(11)21)26-18(27)25-10(24-26)6-28-9-5-7-3-1-2-4-8(7)16(9)25/h1-4,9,16,18,27H,5-6H2/t9-,16+,18?/m1/s1. The third-order valence-corrected chi connectivity index (χ3v) is 5.28. The van der Waals surface area contributed by atoms with Gasteiger partial charge in [0.25, 0.3) is 0 Å². The van der Waals surface area contributed by atoms with Crippen LogP contribution in [-0.4, -0.2) is 34.9 Å². The number of aliphatic hydroxyl groups is 1. The molecule has 2 heterocycles. The molecule has 28 heavy (non-hydrogen) atoms. The molecule has 0 radical (unpaired) electrons. The van der Waals surface area contributed by atoms with Gasteiger partial charge in [-0.1, -0.05) is 24.3 Å². The number of benzene rings is 2. The van der Waals surface area contributed by atoms with Gasteiger partial charge in [0.15, 0.2) is 29.1 Å². The molecule has 1 saturated heterocycles. The van der Waals surface area contributed by atoms with Crippen LogP contribution in [0.5, 0.6) is 0 Å². The first-order valence-corrected chi connectivity index (χ1v) is 8.44. The van der Waals surface area contributed by atoms with Crippen LogP contribution in [0.15, 0.2) is 29.4 Å². The lowest BCUT2D eigenvalue weighted by Crippen LogP contribution is -2.51. The van der Waals surface area contributed by atoms with Crippen LogP contribution in [0.2, 0.25) is 0 Å². The average molecular weight is 397 g/mol. The zero-order chi connectivity index (χ0) is 19.7. The first kappa shape index (κ1) is 17.4. The number of morpholine rings is 1. The van der Waals surface area contributed by atoms with Crippen LogP contribution in [0, 0.1) is 29.1 Å². The summed E-state index contributed by atoms with van der Waals surface area (Å²) in [6.45, 7) is -0.0713. The number of hydrazone groups is 1. The van der Waals surface area contributed by atoms with Crippen molar-refractivity contribution in [1.29, 1.82) is 0 Å². The second kappa shape index (κ2) is 5.89. The smallest absolute Gasteiger partial charge is 0.229 e. The summed E-state index contributed by atoms with van der Waals surface area (Å²) >= 11 is 0. The lowest BCUT2D eigenvalue weighted by Gasteiger charge is -2.39. The largest absolute Gasteiger partial charge is 0.367 e. The van der Waals surface area contributed by atoms with Crippen LogP contribution in [0.3, 0.4) is 0 Å². The number of fused-ring (bicyclic) bond motifs is 5. The molecule has 0 aromatic heterocycles. The Morgan fingerprint density at radius 3 is 2.32 bits per heavy atom. The summed E-state index contributed by atoms with van der Waals surface area (Å²) in [6.07, 6.45) is -1.52. The predicted molar refractivity (Wildman–Crippen MR) is 86.6 cm³/mol.